The molecule has 1 aromatic heterocycles. The standard InChI is InChI=1S/C21H22N2O6S2/c24-19(16-10-28-14-5-1-2-6-15(14)29-16)23-21-18(13-4-3-7-17(13)30-21)20(25)22-12-8-9-31(26,27)11-12/h1-2,5-6,12,16H,3-4,7-11H2,(H,22,25)(H,23,24)/t12-,16-/m0/s1. The van der Waals surface area contributed by atoms with Crippen molar-refractivity contribution >= 4 is 38.0 Å². The van der Waals surface area contributed by atoms with Crippen molar-refractivity contribution in [3.63, 3.8) is 0 Å². The zero-order valence-corrected chi connectivity index (χ0v) is 18.3. The van der Waals surface area contributed by atoms with Crippen molar-refractivity contribution in [2.24, 2.45) is 0 Å². The van der Waals surface area contributed by atoms with Crippen molar-refractivity contribution in [2.45, 2.75) is 37.8 Å². The van der Waals surface area contributed by atoms with Crippen LogP contribution in [0.4, 0.5) is 5.00 Å². The van der Waals surface area contributed by atoms with Crippen LogP contribution in [0.3, 0.4) is 0 Å². The number of aryl methyl sites for hydroxylation is 1. The van der Waals surface area contributed by atoms with E-state index >= 15 is 0 Å². The number of amides is 2. The summed E-state index contributed by atoms with van der Waals surface area (Å²) in [4.78, 5) is 27.0. The molecule has 2 amide bonds. The number of sulfone groups is 1. The Kier molecular flexibility index (Phi) is 5.13. The number of carbonyl (C=O) groups excluding carboxylic acids is 2. The number of ether oxygens (including phenoxy) is 2. The fraction of sp³-hybridized carbons (Fsp3) is 0.429. The molecule has 1 aliphatic carbocycles. The van der Waals surface area contributed by atoms with Gasteiger partial charge in [-0.05, 0) is 43.4 Å². The maximum Gasteiger partial charge on any atom is 0.269 e. The van der Waals surface area contributed by atoms with Crippen LogP contribution in [0.15, 0.2) is 24.3 Å². The lowest BCUT2D eigenvalue weighted by Crippen LogP contribution is -2.41. The van der Waals surface area contributed by atoms with Gasteiger partial charge in [0.05, 0.1) is 17.1 Å². The van der Waals surface area contributed by atoms with E-state index in [1.165, 1.54) is 11.3 Å². The van der Waals surface area contributed by atoms with Gasteiger partial charge in [0, 0.05) is 10.9 Å². The van der Waals surface area contributed by atoms with E-state index in [1.807, 2.05) is 6.07 Å². The van der Waals surface area contributed by atoms with Crippen molar-refractivity contribution in [3.05, 3.63) is 40.3 Å². The third kappa shape index (κ3) is 4.01. The van der Waals surface area contributed by atoms with Crippen LogP contribution in [0.1, 0.15) is 33.6 Å². The van der Waals surface area contributed by atoms with Gasteiger partial charge in [0.1, 0.15) is 11.6 Å². The SMILES string of the molecule is O=C(N[C@H]1CCS(=O)(=O)C1)c1c(NC(=O)[C@@H]2COc3ccccc3O2)sc2c1CCC2. The molecular formula is C21H22N2O6S2. The molecule has 0 unspecified atom stereocenters. The summed E-state index contributed by atoms with van der Waals surface area (Å²) in [7, 11) is -3.10. The molecule has 3 aliphatic rings. The van der Waals surface area contributed by atoms with Crippen LogP contribution in [-0.4, -0.2) is 50.5 Å². The lowest BCUT2D eigenvalue weighted by atomic mass is 10.1. The monoisotopic (exact) mass is 462 g/mol. The summed E-state index contributed by atoms with van der Waals surface area (Å²) in [6.07, 6.45) is 2.18. The zero-order chi connectivity index (χ0) is 21.6. The summed E-state index contributed by atoms with van der Waals surface area (Å²) >= 11 is 1.41. The van der Waals surface area contributed by atoms with Gasteiger partial charge in [-0.15, -0.1) is 11.3 Å². The molecule has 31 heavy (non-hydrogen) atoms. The number of hydrogen-bond donors (Lipinski definition) is 2. The first-order chi connectivity index (χ1) is 14.9. The molecule has 1 fully saturated rings. The number of fused-ring (bicyclic) bond motifs is 2. The highest BCUT2D eigenvalue weighted by atomic mass is 32.2. The third-order valence-electron chi connectivity index (χ3n) is 5.75. The van der Waals surface area contributed by atoms with Crippen molar-refractivity contribution in [3.8, 4) is 11.5 Å². The van der Waals surface area contributed by atoms with Crippen LogP contribution in [0.5, 0.6) is 11.5 Å². The Labute approximate surface area is 183 Å². The average molecular weight is 463 g/mol. The minimum Gasteiger partial charge on any atom is -0.485 e. The van der Waals surface area contributed by atoms with E-state index in [2.05, 4.69) is 10.6 Å². The molecule has 10 heteroatoms. The Morgan fingerprint density at radius 1 is 1.13 bits per heavy atom. The maximum atomic E-state index is 13.1. The van der Waals surface area contributed by atoms with Crippen molar-refractivity contribution < 1.29 is 27.5 Å². The number of rotatable bonds is 4. The van der Waals surface area contributed by atoms with Gasteiger partial charge in [-0.1, -0.05) is 12.1 Å². The van der Waals surface area contributed by atoms with E-state index in [-0.39, 0.29) is 29.9 Å². The molecule has 0 radical (unpaired) electrons. The van der Waals surface area contributed by atoms with Crippen LogP contribution in [0, 0.1) is 0 Å². The predicted molar refractivity (Wildman–Crippen MR) is 116 cm³/mol. The second kappa shape index (κ2) is 7.83. The minimum atomic E-state index is -3.10. The van der Waals surface area contributed by atoms with E-state index in [4.69, 9.17) is 9.47 Å². The van der Waals surface area contributed by atoms with E-state index < -0.39 is 22.0 Å². The zero-order valence-electron chi connectivity index (χ0n) is 16.7. The lowest BCUT2D eigenvalue weighted by Gasteiger charge is -2.25. The Balaban J connectivity index is 1.34. The van der Waals surface area contributed by atoms with Gasteiger partial charge in [0.15, 0.2) is 21.3 Å². The molecule has 1 saturated heterocycles. The molecule has 5 rings (SSSR count). The Bertz CT molecular complexity index is 1160. The molecule has 0 saturated carbocycles. The van der Waals surface area contributed by atoms with Crippen LogP contribution >= 0.6 is 11.3 Å². The second-order valence-electron chi connectivity index (χ2n) is 7.99. The second-order valence-corrected chi connectivity index (χ2v) is 11.3. The maximum absolute atomic E-state index is 13.1. The normalized spacial score (nSPS) is 23.2. The van der Waals surface area contributed by atoms with Crippen LogP contribution in [0.2, 0.25) is 0 Å². The average Bonchev–Trinajstić information content (AvgIpc) is 3.41. The number of anilines is 1. The van der Waals surface area contributed by atoms with E-state index in [9.17, 15) is 18.0 Å². The smallest absolute Gasteiger partial charge is 0.269 e. The molecule has 2 N–H and O–H groups in total. The first-order valence-corrected chi connectivity index (χ1v) is 12.9. The van der Waals surface area contributed by atoms with Crippen molar-refractivity contribution in [1.29, 1.82) is 0 Å². The fourth-order valence-electron chi connectivity index (χ4n) is 4.24. The molecule has 8 nitrogen and oxygen atoms in total. The molecule has 2 aromatic rings. The van der Waals surface area contributed by atoms with Gasteiger partial charge in [-0.25, -0.2) is 8.42 Å². The predicted octanol–water partition coefficient (Wildman–Crippen LogP) is 1.93. The first-order valence-electron chi connectivity index (χ1n) is 10.2. The molecule has 164 valence electrons. The van der Waals surface area contributed by atoms with Crippen LogP contribution < -0.4 is 20.1 Å². The molecule has 3 heterocycles. The summed E-state index contributed by atoms with van der Waals surface area (Å²) in [5, 5.41) is 6.19. The largest absolute Gasteiger partial charge is 0.485 e. The molecule has 2 atom stereocenters. The van der Waals surface area contributed by atoms with Gasteiger partial charge in [0.25, 0.3) is 11.8 Å². The molecule has 0 bridgehead atoms. The van der Waals surface area contributed by atoms with E-state index in [0.717, 1.165) is 29.7 Å². The third-order valence-corrected chi connectivity index (χ3v) is 8.73. The highest BCUT2D eigenvalue weighted by molar-refractivity contribution is 7.91. The number of hydrogen-bond acceptors (Lipinski definition) is 7. The van der Waals surface area contributed by atoms with E-state index in [1.54, 1.807) is 18.2 Å². The number of para-hydroxylation sites is 2. The summed E-state index contributed by atoms with van der Waals surface area (Å²) in [5.74, 6) is 0.425. The number of nitrogens with one attached hydrogen (secondary N) is 2. The topological polar surface area (TPSA) is 111 Å². The highest BCUT2D eigenvalue weighted by Gasteiger charge is 2.34. The van der Waals surface area contributed by atoms with Gasteiger partial charge < -0.3 is 20.1 Å². The molecule has 1 aromatic carbocycles. The fourth-order valence-corrected chi connectivity index (χ4v) is 7.20. The summed E-state index contributed by atoms with van der Waals surface area (Å²) in [5.41, 5.74) is 1.40. The van der Waals surface area contributed by atoms with Gasteiger partial charge in [0.2, 0.25) is 6.10 Å². The highest BCUT2D eigenvalue weighted by Crippen LogP contribution is 2.39. The quantitative estimate of drug-likeness (QED) is 0.718. The molecule has 2 aliphatic heterocycles. The number of carbonyl (C=O) groups is 2. The van der Waals surface area contributed by atoms with E-state index in [0.29, 0.717) is 28.5 Å². The van der Waals surface area contributed by atoms with Gasteiger partial charge in [-0.2, -0.15) is 0 Å². The number of benzene rings is 1. The van der Waals surface area contributed by atoms with Crippen LogP contribution in [0.25, 0.3) is 0 Å². The van der Waals surface area contributed by atoms with Gasteiger partial charge in [-0.3, -0.25) is 9.59 Å². The molecule has 0 spiro atoms. The first kappa shape index (κ1) is 20.3. The minimum absolute atomic E-state index is 0.0422. The summed E-state index contributed by atoms with van der Waals surface area (Å²) in [6, 6.07) is 6.75. The van der Waals surface area contributed by atoms with Gasteiger partial charge >= 0.3 is 0 Å². The molecular weight excluding hydrogens is 440 g/mol. The summed E-state index contributed by atoms with van der Waals surface area (Å²) in [6.45, 7) is 0.0788. The van der Waals surface area contributed by atoms with Crippen LogP contribution in [-0.2, 0) is 27.5 Å². The number of thiophene rings is 1. The Hall–Kier alpha value is -2.59. The lowest BCUT2D eigenvalue weighted by molar-refractivity contribution is -0.125. The Morgan fingerprint density at radius 2 is 1.94 bits per heavy atom. The van der Waals surface area contributed by atoms with Crippen molar-refractivity contribution in [2.75, 3.05) is 23.4 Å². The Morgan fingerprint density at radius 3 is 2.71 bits per heavy atom. The summed E-state index contributed by atoms with van der Waals surface area (Å²) < 4.78 is 34.9. The van der Waals surface area contributed by atoms with Crippen molar-refractivity contribution in [1.82, 2.24) is 5.32 Å².